The molecule has 1 N–H and O–H groups in total. The molecule has 1 aromatic carbocycles. The molecular formula is C20H23FN2O3. The number of hydrogen-bond acceptors (Lipinski definition) is 3. The van der Waals surface area contributed by atoms with E-state index in [1.807, 2.05) is 0 Å². The molecule has 1 aliphatic rings. The molecule has 0 atom stereocenters. The first-order chi connectivity index (χ1) is 12.5. The van der Waals surface area contributed by atoms with Crippen molar-refractivity contribution in [3.05, 3.63) is 59.7 Å². The highest BCUT2D eigenvalue weighted by Gasteiger charge is 2.35. The van der Waals surface area contributed by atoms with Gasteiger partial charge in [-0.25, -0.2) is 9.18 Å². The van der Waals surface area contributed by atoms with E-state index in [1.54, 1.807) is 42.1 Å². The molecule has 0 spiro atoms. The van der Waals surface area contributed by atoms with Gasteiger partial charge in [0.1, 0.15) is 11.5 Å². The van der Waals surface area contributed by atoms with Crippen molar-refractivity contribution in [1.82, 2.24) is 9.88 Å². The Balaban J connectivity index is 1.56. The zero-order valence-electron chi connectivity index (χ0n) is 14.8. The Kier molecular flexibility index (Phi) is 5.40. The van der Waals surface area contributed by atoms with Crippen molar-refractivity contribution in [1.29, 1.82) is 0 Å². The summed E-state index contributed by atoms with van der Waals surface area (Å²) in [6.45, 7) is 0.142. The van der Waals surface area contributed by atoms with Crippen LogP contribution in [0.4, 0.5) is 4.39 Å². The molecule has 1 amide bonds. The fourth-order valence-electron chi connectivity index (χ4n) is 3.62. The van der Waals surface area contributed by atoms with Crippen molar-refractivity contribution in [3.8, 4) is 0 Å². The first-order valence-corrected chi connectivity index (χ1v) is 8.81. The number of halogens is 1. The van der Waals surface area contributed by atoms with Gasteiger partial charge in [0.05, 0.1) is 0 Å². The molecule has 0 bridgehead atoms. The second kappa shape index (κ2) is 7.72. The number of aryl methyl sites for hydroxylation is 1. The second-order valence-electron chi connectivity index (χ2n) is 6.85. The number of esters is 1. The maximum Gasteiger partial charge on any atom is 0.355 e. The van der Waals surface area contributed by atoms with Gasteiger partial charge < -0.3 is 14.6 Å². The van der Waals surface area contributed by atoms with Crippen LogP contribution in [0.15, 0.2) is 42.6 Å². The number of nitrogens with zero attached hydrogens (tertiary/aromatic N) is 1. The molecule has 1 aromatic heterocycles. The van der Waals surface area contributed by atoms with Crippen molar-refractivity contribution in [3.63, 3.8) is 0 Å². The highest BCUT2D eigenvalue weighted by atomic mass is 19.1. The molecule has 1 aliphatic carbocycles. The third-order valence-corrected chi connectivity index (χ3v) is 5.13. The summed E-state index contributed by atoms with van der Waals surface area (Å²) < 4.78 is 19.9. The van der Waals surface area contributed by atoms with Crippen LogP contribution in [-0.2, 0) is 22.0 Å². The largest absolute Gasteiger partial charge is 0.451 e. The standard InChI is InChI=1S/C20H23FN2O3/c1-23-12-4-5-17(23)19(25)26-13-18(24)22-14-20(10-2-3-11-20)15-6-8-16(21)9-7-15/h4-9,12H,2-3,10-11,13-14H2,1H3,(H,22,24). The summed E-state index contributed by atoms with van der Waals surface area (Å²) in [5.41, 5.74) is 1.26. The summed E-state index contributed by atoms with van der Waals surface area (Å²) in [6.07, 6.45) is 5.79. The molecule has 3 rings (SSSR count). The minimum absolute atomic E-state index is 0.175. The number of ether oxygens (including phenoxy) is 1. The smallest absolute Gasteiger partial charge is 0.355 e. The highest BCUT2D eigenvalue weighted by Crippen LogP contribution is 2.40. The van der Waals surface area contributed by atoms with Gasteiger partial charge in [-0.15, -0.1) is 0 Å². The zero-order valence-corrected chi connectivity index (χ0v) is 14.8. The van der Waals surface area contributed by atoms with Crippen molar-refractivity contribution in [2.45, 2.75) is 31.1 Å². The van der Waals surface area contributed by atoms with Gasteiger partial charge in [-0.2, -0.15) is 0 Å². The molecule has 1 fully saturated rings. The van der Waals surface area contributed by atoms with Crippen molar-refractivity contribution >= 4 is 11.9 Å². The third-order valence-electron chi connectivity index (χ3n) is 5.13. The summed E-state index contributed by atoms with van der Waals surface area (Å²) in [5.74, 6) is -1.12. The molecule has 1 saturated carbocycles. The molecule has 6 heteroatoms. The number of benzene rings is 1. The number of hydrogen-bond donors (Lipinski definition) is 1. The van der Waals surface area contributed by atoms with E-state index in [9.17, 15) is 14.0 Å². The summed E-state index contributed by atoms with van der Waals surface area (Å²) in [7, 11) is 1.74. The average Bonchev–Trinajstić information content (AvgIpc) is 3.28. The summed E-state index contributed by atoms with van der Waals surface area (Å²) in [5, 5.41) is 2.88. The molecule has 0 aliphatic heterocycles. The molecule has 0 unspecified atom stereocenters. The van der Waals surface area contributed by atoms with E-state index >= 15 is 0 Å². The Labute approximate surface area is 152 Å². The van der Waals surface area contributed by atoms with Crippen LogP contribution < -0.4 is 5.32 Å². The predicted octanol–water partition coefficient (Wildman–Crippen LogP) is 2.95. The molecule has 0 radical (unpaired) electrons. The van der Waals surface area contributed by atoms with Crippen LogP contribution in [0.5, 0.6) is 0 Å². The van der Waals surface area contributed by atoms with E-state index in [0.29, 0.717) is 12.2 Å². The van der Waals surface area contributed by atoms with Crippen molar-refractivity contribution in [2.75, 3.05) is 13.2 Å². The monoisotopic (exact) mass is 358 g/mol. The number of carbonyl (C=O) groups excluding carboxylic acids is 2. The molecule has 1 heterocycles. The highest BCUT2D eigenvalue weighted by molar-refractivity contribution is 5.89. The van der Waals surface area contributed by atoms with Gasteiger partial charge in [0.2, 0.25) is 0 Å². The Morgan fingerprint density at radius 1 is 1.19 bits per heavy atom. The third kappa shape index (κ3) is 3.95. The van der Waals surface area contributed by atoms with Crippen LogP contribution >= 0.6 is 0 Å². The molecule has 0 saturated heterocycles. The number of nitrogens with one attached hydrogen (secondary N) is 1. The quantitative estimate of drug-likeness (QED) is 0.808. The predicted molar refractivity (Wildman–Crippen MR) is 95.3 cm³/mol. The van der Waals surface area contributed by atoms with Gasteiger partial charge >= 0.3 is 5.97 Å². The van der Waals surface area contributed by atoms with Crippen LogP contribution in [0, 0.1) is 5.82 Å². The van der Waals surface area contributed by atoms with Crippen LogP contribution in [0.1, 0.15) is 41.7 Å². The maximum absolute atomic E-state index is 13.2. The Hall–Kier alpha value is -2.63. The van der Waals surface area contributed by atoms with Crippen LogP contribution in [-0.4, -0.2) is 29.6 Å². The number of rotatable bonds is 6. The fraction of sp³-hybridized carbons (Fsp3) is 0.400. The minimum Gasteiger partial charge on any atom is -0.451 e. The van der Waals surface area contributed by atoms with Crippen LogP contribution in [0.2, 0.25) is 0 Å². The molecule has 138 valence electrons. The Morgan fingerprint density at radius 3 is 2.50 bits per heavy atom. The van der Waals surface area contributed by atoms with E-state index in [1.165, 1.54) is 12.1 Å². The molecule has 2 aromatic rings. The van der Waals surface area contributed by atoms with Crippen LogP contribution in [0.25, 0.3) is 0 Å². The van der Waals surface area contributed by atoms with Gasteiger partial charge in [0, 0.05) is 25.2 Å². The lowest BCUT2D eigenvalue weighted by molar-refractivity contribution is -0.124. The van der Waals surface area contributed by atoms with Crippen molar-refractivity contribution < 1.29 is 18.7 Å². The number of carbonyl (C=O) groups is 2. The Morgan fingerprint density at radius 2 is 1.88 bits per heavy atom. The van der Waals surface area contributed by atoms with Gasteiger partial charge in [-0.1, -0.05) is 25.0 Å². The SMILES string of the molecule is Cn1cccc1C(=O)OCC(=O)NCC1(c2ccc(F)cc2)CCCC1. The first-order valence-electron chi connectivity index (χ1n) is 8.81. The number of aromatic nitrogens is 1. The normalized spacial score (nSPS) is 15.6. The second-order valence-corrected chi connectivity index (χ2v) is 6.85. The topological polar surface area (TPSA) is 60.3 Å². The van der Waals surface area contributed by atoms with Gasteiger partial charge in [-0.3, -0.25) is 4.79 Å². The van der Waals surface area contributed by atoms with E-state index in [-0.39, 0.29) is 23.7 Å². The van der Waals surface area contributed by atoms with E-state index in [0.717, 1.165) is 31.2 Å². The van der Waals surface area contributed by atoms with Gasteiger partial charge in [0.15, 0.2) is 6.61 Å². The molecular weight excluding hydrogens is 335 g/mol. The van der Waals surface area contributed by atoms with E-state index in [4.69, 9.17) is 4.74 Å². The van der Waals surface area contributed by atoms with Crippen LogP contribution in [0.3, 0.4) is 0 Å². The maximum atomic E-state index is 13.2. The summed E-state index contributed by atoms with van der Waals surface area (Å²) >= 11 is 0. The van der Waals surface area contributed by atoms with Gasteiger partial charge in [-0.05, 0) is 42.7 Å². The van der Waals surface area contributed by atoms with Gasteiger partial charge in [0.25, 0.3) is 5.91 Å². The van der Waals surface area contributed by atoms with E-state index in [2.05, 4.69) is 5.32 Å². The van der Waals surface area contributed by atoms with Crippen molar-refractivity contribution in [2.24, 2.45) is 7.05 Å². The van der Waals surface area contributed by atoms with E-state index < -0.39 is 5.97 Å². The lowest BCUT2D eigenvalue weighted by Crippen LogP contribution is -2.40. The summed E-state index contributed by atoms with van der Waals surface area (Å²) in [6, 6.07) is 9.88. The molecule has 5 nitrogen and oxygen atoms in total. The lowest BCUT2D eigenvalue weighted by atomic mass is 9.79. The average molecular weight is 358 g/mol. The molecule has 26 heavy (non-hydrogen) atoms. The zero-order chi connectivity index (χ0) is 18.6. The Bertz CT molecular complexity index is 777. The lowest BCUT2D eigenvalue weighted by Gasteiger charge is -2.30. The summed E-state index contributed by atoms with van der Waals surface area (Å²) in [4.78, 5) is 24.1. The minimum atomic E-state index is -0.526. The fourth-order valence-corrected chi connectivity index (χ4v) is 3.62. The first kappa shape index (κ1) is 18.2. The number of amides is 1.